The summed E-state index contributed by atoms with van der Waals surface area (Å²) in [5.74, 6) is 1.87. The van der Waals surface area contributed by atoms with Gasteiger partial charge in [0, 0.05) is 12.1 Å². The van der Waals surface area contributed by atoms with Gasteiger partial charge in [-0.05, 0) is 17.7 Å². The lowest BCUT2D eigenvalue weighted by atomic mass is 10.1. The Bertz CT molecular complexity index is 677. The first-order valence-electron chi connectivity index (χ1n) is 6.47. The molecule has 1 aromatic heterocycles. The molecule has 0 unspecified atom stereocenters. The zero-order valence-corrected chi connectivity index (χ0v) is 12.5. The van der Waals surface area contributed by atoms with Gasteiger partial charge < -0.3 is 0 Å². The molecule has 3 rings (SSSR count). The first-order chi connectivity index (χ1) is 9.88. The topological polar surface area (TPSA) is 30.7 Å². The summed E-state index contributed by atoms with van der Waals surface area (Å²) in [5.41, 5.74) is 2.33. The maximum absolute atomic E-state index is 4.34. The van der Waals surface area contributed by atoms with Crippen molar-refractivity contribution in [2.75, 3.05) is 0 Å². The monoisotopic (exact) mass is 327 g/mol. The van der Waals surface area contributed by atoms with Crippen LogP contribution in [0.2, 0.25) is 0 Å². The maximum Gasteiger partial charge on any atom is 0.148 e. The summed E-state index contributed by atoms with van der Waals surface area (Å²) in [6.45, 7) is 0. The molecule has 100 valence electrons. The van der Waals surface area contributed by atoms with Crippen LogP contribution in [0.3, 0.4) is 0 Å². The van der Waals surface area contributed by atoms with E-state index in [-0.39, 0.29) is 0 Å². The van der Waals surface area contributed by atoms with Gasteiger partial charge in [-0.15, -0.1) is 10.2 Å². The number of benzene rings is 2. The van der Waals surface area contributed by atoms with Crippen LogP contribution >= 0.6 is 15.9 Å². The molecule has 1 heterocycles. The second-order valence-corrected chi connectivity index (χ2v) is 5.06. The summed E-state index contributed by atoms with van der Waals surface area (Å²) in [6, 6.07) is 20.5. The number of para-hydroxylation sites is 1. The number of hydrogen-bond donors (Lipinski definition) is 0. The Morgan fingerprint density at radius 1 is 0.800 bits per heavy atom. The predicted molar refractivity (Wildman–Crippen MR) is 83.2 cm³/mol. The minimum atomic E-state index is 0.684. The van der Waals surface area contributed by atoms with Crippen LogP contribution in [0.4, 0.5) is 0 Å². The second-order valence-electron chi connectivity index (χ2n) is 4.50. The molecular weight excluding hydrogens is 314 g/mol. The molecule has 0 aliphatic heterocycles. The lowest BCUT2D eigenvalue weighted by Crippen LogP contribution is -2.05. The standard InChI is InChI=1S/C16H14BrN3/c17-12-16-19-18-15(11-13-7-3-1-4-8-13)20(16)14-9-5-2-6-10-14/h1-10H,11-12H2. The van der Waals surface area contributed by atoms with Crippen molar-refractivity contribution in [3.05, 3.63) is 77.9 Å². The zero-order chi connectivity index (χ0) is 13.8. The van der Waals surface area contributed by atoms with Crippen molar-refractivity contribution in [2.24, 2.45) is 0 Å². The molecule has 2 aromatic carbocycles. The molecule has 0 spiro atoms. The summed E-state index contributed by atoms with van der Waals surface area (Å²) >= 11 is 3.48. The van der Waals surface area contributed by atoms with Crippen LogP contribution in [-0.4, -0.2) is 14.8 Å². The first-order valence-corrected chi connectivity index (χ1v) is 7.59. The summed E-state index contributed by atoms with van der Waals surface area (Å²) < 4.78 is 2.11. The Labute approximate surface area is 126 Å². The van der Waals surface area contributed by atoms with Gasteiger partial charge >= 0.3 is 0 Å². The van der Waals surface area contributed by atoms with Gasteiger partial charge in [0.25, 0.3) is 0 Å². The number of hydrogen-bond acceptors (Lipinski definition) is 2. The third kappa shape index (κ3) is 2.65. The van der Waals surface area contributed by atoms with Gasteiger partial charge in [0.2, 0.25) is 0 Å². The average Bonchev–Trinajstić information content (AvgIpc) is 2.92. The summed E-state index contributed by atoms with van der Waals surface area (Å²) in [6.07, 6.45) is 0.774. The SMILES string of the molecule is BrCc1nnc(Cc2ccccc2)n1-c1ccccc1. The summed E-state index contributed by atoms with van der Waals surface area (Å²) in [5, 5.41) is 9.30. The number of halogens is 1. The number of alkyl halides is 1. The molecule has 0 saturated carbocycles. The number of rotatable bonds is 4. The highest BCUT2D eigenvalue weighted by molar-refractivity contribution is 9.08. The minimum Gasteiger partial charge on any atom is -0.282 e. The van der Waals surface area contributed by atoms with Crippen LogP contribution in [0.1, 0.15) is 17.2 Å². The van der Waals surface area contributed by atoms with E-state index in [4.69, 9.17) is 0 Å². The van der Waals surface area contributed by atoms with E-state index in [1.807, 2.05) is 36.4 Å². The molecule has 0 amide bonds. The highest BCUT2D eigenvalue weighted by Gasteiger charge is 2.13. The van der Waals surface area contributed by atoms with E-state index in [1.165, 1.54) is 5.56 Å². The maximum atomic E-state index is 4.34. The Morgan fingerprint density at radius 2 is 1.40 bits per heavy atom. The Morgan fingerprint density at radius 3 is 2.05 bits per heavy atom. The van der Waals surface area contributed by atoms with E-state index >= 15 is 0 Å². The Hall–Kier alpha value is -1.94. The van der Waals surface area contributed by atoms with Crippen molar-refractivity contribution in [2.45, 2.75) is 11.8 Å². The smallest absolute Gasteiger partial charge is 0.148 e. The molecule has 20 heavy (non-hydrogen) atoms. The Kier molecular flexibility index (Phi) is 3.92. The number of nitrogens with zero attached hydrogens (tertiary/aromatic N) is 3. The highest BCUT2D eigenvalue weighted by Crippen LogP contribution is 2.17. The summed E-state index contributed by atoms with van der Waals surface area (Å²) in [7, 11) is 0. The highest BCUT2D eigenvalue weighted by atomic mass is 79.9. The van der Waals surface area contributed by atoms with Crippen molar-refractivity contribution < 1.29 is 0 Å². The molecule has 3 nitrogen and oxygen atoms in total. The van der Waals surface area contributed by atoms with Gasteiger partial charge in [0.15, 0.2) is 0 Å². The third-order valence-electron chi connectivity index (χ3n) is 3.14. The molecule has 0 fully saturated rings. The van der Waals surface area contributed by atoms with Crippen molar-refractivity contribution in [3.8, 4) is 5.69 Å². The molecule has 0 bridgehead atoms. The quantitative estimate of drug-likeness (QED) is 0.683. The van der Waals surface area contributed by atoms with Crippen LogP contribution in [0, 0.1) is 0 Å². The predicted octanol–water partition coefficient (Wildman–Crippen LogP) is 3.75. The van der Waals surface area contributed by atoms with E-state index in [9.17, 15) is 0 Å². The molecule has 0 radical (unpaired) electrons. The Balaban J connectivity index is 2.02. The fourth-order valence-electron chi connectivity index (χ4n) is 2.21. The van der Waals surface area contributed by atoms with E-state index in [1.54, 1.807) is 0 Å². The molecule has 0 N–H and O–H groups in total. The van der Waals surface area contributed by atoms with Crippen LogP contribution in [0.25, 0.3) is 5.69 Å². The normalized spacial score (nSPS) is 10.7. The van der Waals surface area contributed by atoms with Gasteiger partial charge in [-0.25, -0.2) is 0 Å². The van der Waals surface area contributed by atoms with Gasteiger partial charge in [-0.3, -0.25) is 4.57 Å². The van der Waals surface area contributed by atoms with E-state index in [2.05, 4.69) is 55.0 Å². The van der Waals surface area contributed by atoms with Crippen molar-refractivity contribution >= 4 is 15.9 Å². The second kappa shape index (κ2) is 6.01. The minimum absolute atomic E-state index is 0.684. The van der Waals surface area contributed by atoms with Gasteiger partial charge in [-0.1, -0.05) is 64.5 Å². The van der Waals surface area contributed by atoms with E-state index in [0.717, 1.165) is 23.8 Å². The van der Waals surface area contributed by atoms with Gasteiger partial charge in [0.05, 0.1) is 5.33 Å². The van der Waals surface area contributed by atoms with Gasteiger partial charge in [0.1, 0.15) is 11.6 Å². The molecule has 0 aliphatic carbocycles. The fraction of sp³-hybridized carbons (Fsp3) is 0.125. The molecule has 0 saturated heterocycles. The fourth-order valence-corrected chi connectivity index (χ4v) is 2.57. The van der Waals surface area contributed by atoms with E-state index in [0.29, 0.717) is 5.33 Å². The van der Waals surface area contributed by atoms with Crippen LogP contribution in [-0.2, 0) is 11.8 Å². The molecule has 4 heteroatoms. The lowest BCUT2D eigenvalue weighted by molar-refractivity contribution is 0.888. The van der Waals surface area contributed by atoms with Crippen LogP contribution in [0.15, 0.2) is 60.7 Å². The first kappa shape index (κ1) is 13.1. The van der Waals surface area contributed by atoms with Crippen molar-refractivity contribution in [1.29, 1.82) is 0 Å². The number of aromatic nitrogens is 3. The lowest BCUT2D eigenvalue weighted by Gasteiger charge is -2.09. The summed E-state index contributed by atoms with van der Waals surface area (Å²) in [4.78, 5) is 0. The van der Waals surface area contributed by atoms with E-state index < -0.39 is 0 Å². The largest absolute Gasteiger partial charge is 0.282 e. The third-order valence-corrected chi connectivity index (χ3v) is 3.64. The van der Waals surface area contributed by atoms with Crippen LogP contribution in [0.5, 0.6) is 0 Å². The van der Waals surface area contributed by atoms with Gasteiger partial charge in [-0.2, -0.15) is 0 Å². The average molecular weight is 328 g/mol. The molecule has 0 aliphatic rings. The van der Waals surface area contributed by atoms with Crippen molar-refractivity contribution in [1.82, 2.24) is 14.8 Å². The van der Waals surface area contributed by atoms with Crippen molar-refractivity contribution in [3.63, 3.8) is 0 Å². The molecule has 0 atom stereocenters. The molecule has 3 aromatic rings. The molecular formula is C16H14BrN3. The van der Waals surface area contributed by atoms with Crippen LogP contribution < -0.4 is 0 Å². The zero-order valence-electron chi connectivity index (χ0n) is 10.9.